The molecule has 0 unspecified atom stereocenters. The van der Waals surface area contributed by atoms with E-state index in [0.29, 0.717) is 5.95 Å². The van der Waals surface area contributed by atoms with Crippen LogP contribution < -0.4 is 5.32 Å². The van der Waals surface area contributed by atoms with Crippen LogP contribution in [0.1, 0.15) is 5.56 Å². The van der Waals surface area contributed by atoms with Gasteiger partial charge in [-0.3, -0.25) is 4.57 Å². The lowest BCUT2D eigenvalue weighted by molar-refractivity contribution is 1.01. The summed E-state index contributed by atoms with van der Waals surface area (Å²) in [6.07, 6.45) is 1.46. The molecule has 0 saturated heterocycles. The molecule has 9 aromatic rings. The van der Waals surface area contributed by atoms with Crippen LogP contribution in [0.3, 0.4) is 0 Å². The molecular weight excluding hydrogens is 562 g/mol. The summed E-state index contributed by atoms with van der Waals surface area (Å²) >= 11 is 0. The minimum absolute atomic E-state index is 0.595. The average Bonchev–Trinajstić information content (AvgIpc) is 3.44. The van der Waals surface area contributed by atoms with Crippen molar-refractivity contribution in [3.05, 3.63) is 151 Å². The van der Waals surface area contributed by atoms with Crippen molar-refractivity contribution in [3.63, 3.8) is 0 Å². The van der Waals surface area contributed by atoms with E-state index < -0.39 is 0 Å². The van der Waals surface area contributed by atoms with E-state index in [2.05, 4.69) is 88.7 Å². The molecule has 46 heavy (non-hydrogen) atoms. The summed E-state index contributed by atoms with van der Waals surface area (Å²) in [4.78, 5) is 10.4. The summed E-state index contributed by atoms with van der Waals surface area (Å²) in [6, 6.07) is 50.2. The summed E-state index contributed by atoms with van der Waals surface area (Å²) in [7, 11) is 0. The maximum Gasteiger partial charge on any atom is 0.235 e. The third-order valence-corrected chi connectivity index (χ3v) is 8.87. The molecule has 5 nitrogen and oxygen atoms in total. The molecule has 2 N–H and O–H groups in total. The molecule has 0 fully saturated rings. The average molecular weight is 590 g/mol. The van der Waals surface area contributed by atoms with E-state index in [4.69, 9.17) is 15.4 Å². The van der Waals surface area contributed by atoms with Gasteiger partial charge in [0.2, 0.25) is 5.95 Å². The van der Waals surface area contributed by atoms with Crippen LogP contribution in [0.25, 0.3) is 71.5 Å². The molecule has 0 saturated carbocycles. The van der Waals surface area contributed by atoms with Crippen molar-refractivity contribution in [2.24, 2.45) is 0 Å². The third kappa shape index (κ3) is 4.06. The first-order valence-corrected chi connectivity index (χ1v) is 15.3. The Balaban J connectivity index is 1.41. The number of hydrogen-bond acceptors (Lipinski definition) is 4. The van der Waals surface area contributed by atoms with E-state index in [1.54, 1.807) is 0 Å². The standard InChI is InChI=1S/C41H27N5/c42-25-34-36(43-29-14-5-2-6-15-29)21-22-37-39(34)33-24-32-28(20-19-26-11-7-8-16-30(26)32)23-38(33)46(37)41-44-35-18-10-9-17-31(35)40(45-41)27-12-3-1-4-13-27/h1-25,42-43H. The van der Waals surface area contributed by atoms with Crippen molar-refractivity contribution in [2.75, 3.05) is 5.32 Å². The van der Waals surface area contributed by atoms with Crippen LogP contribution in [0.15, 0.2) is 146 Å². The van der Waals surface area contributed by atoms with E-state index in [1.807, 2.05) is 66.7 Å². The predicted octanol–water partition coefficient (Wildman–Crippen LogP) is 10.4. The Hall–Kier alpha value is -6.33. The number of fused-ring (bicyclic) bond motifs is 7. The van der Waals surface area contributed by atoms with Gasteiger partial charge in [0.05, 0.1) is 22.2 Å². The van der Waals surface area contributed by atoms with Gasteiger partial charge in [0.25, 0.3) is 0 Å². The molecule has 7 aromatic carbocycles. The Morgan fingerprint density at radius 3 is 2.11 bits per heavy atom. The van der Waals surface area contributed by atoms with Crippen molar-refractivity contribution < 1.29 is 0 Å². The van der Waals surface area contributed by atoms with E-state index in [-0.39, 0.29) is 0 Å². The molecule has 0 radical (unpaired) electrons. The third-order valence-electron chi connectivity index (χ3n) is 8.87. The first-order chi connectivity index (χ1) is 22.8. The van der Waals surface area contributed by atoms with Crippen molar-refractivity contribution in [2.45, 2.75) is 0 Å². The van der Waals surface area contributed by atoms with Crippen LogP contribution in [0.4, 0.5) is 11.4 Å². The highest BCUT2D eigenvalue weighted by atomic mass is 15.2. The zero-order valence-electron chi connectivity index (χ0n) is 24.8. The van der Waals surface area contributed by atoms with E-state index >= 15 is 0 Å². The second kappa shape index (κ2) is 10.4. The molecule has 216 valence electrons. The Kier molecular flexibility index (Phi) is 5.90. The van der Waals surface area contributed by atoms with E-state index in [1.165, 1.54) is 22.4 Å². The number of hydrogen-bond donors (Lipinski definition) is 2. The first-order valence-electron chi connectivity index (χ1n) is 15.3. The van der Waals surface area contributed by atoms with Crippen LogP contribution in [-0.4, -0.2) is 20.7 Å². The first kappa shape index (κ1) is 26.1. The monoisotopic (exact) mass is 589 g/mol. The van der Waals surface area contributed by atoms with Gasteiger partial charge in [0, 0.05) is 44.9 Å². The fraction of sp³-hybridized carbons (Fsp3) is 0. The van der Waals surface area contributed by atoms with Gasteiger partial charge >= 0.3 is 0 Å². The second-order valence-corrected chi connectivity index (χ2v) is 11.5. The van der Waals surface area contributed by atoms with Gasteiger partial charge in [-0.25, -0.2) is 9.97 Å². The molecule has 0 atom stereocenters. The minimum Gasteiger partial charge on any atom is -0.355 e. The molecule has 2 aromatic heterocycles. The molecule has 0 bridgehead atoms. The second-order valence-electron chi connectivity index (χ2n) is 11.5. The molecule has 5 heteroatoms. The Morgan fingerprint density at radius 1 is 0.565 bits per heavy atom. The predicted molar refractivity (Wildman–Crippen MR) is 192 cm³/mol. The maximum atomic E-state index is 8.66. The van der Waals surface area contributed by atoms with Gasteiger partial charge in [-0.05, 0) is 64.0 Å². The summed E-state index contributed by atoms with van der Waals surface area (Å²) in [5.41, 5.74) is 7.39. The van der Waals surface area contributed by atoms with Gasteiger partial charge in [0.1, 0.15) is 0 Å². The van der Waals surface area contributed by atoms with Gasteiger partial charge in [0.15, 0.2) is 0 Å². The number of benzene rings is 7. The maximum absolute atomic E-state index is 8.66. The van der Waals surface area contributed by atoms with Crippen molar-refractivity contribution in [1.29, 1.82) is 5.41 Å². The van der Waals surface area contributed by atoms with Gasteiger partial charge in [-0.15, -0.1) is 0 Å². The molecule has 2 heterocycles. The van der Waals surface area contributed by atoms with Crippen LogP contribution >= 0.6 is 0 Å². The summed E-state index contributed by atoms with van der Waals surface area (Å²) < 4.78 is 2.16. The van der Waals surface area contributed by atoms with Crippen molar-refractivity contribution in [1.82, 2.24) is 14.5 Å². The Labute approximate surface area is 264 Å². The van der Waals surface area contributed by atoms with E-state index in [0.717, 1.165) is 66.3 Å². The van der Waals surface area contributed by atoms with Crippen molar-refractivity contribution in [3.8, 4) is 17.2 Å². The number of nitrogens with zero attached hydrogens (tertiary/aromatic N) is 3. The number of para-hydroxylation sites is 2. The summed E-state index contributed by atoms with van der Waals surface area (Å²) in [6.45, 7) is 0. The molecule has 0 spiro atoms. The fourth-order valence-electron chi connectivity index (χ4n) is 6.77. The smallest absolute Gasteiger partial charge is 0.235 e. The molecule has 9 rings (SSSR count). The van der Waals surface area contributed by atoms with Crippen LogP contribution in [0.2, 0.25) is 0 Å². The highest BCUT2D eigenvalue weighted by Gasteiger charge is 2.21. The highest BCUT2D eigenvalue weighted by molar-refractivity contribution is 6.22. The largest absolute Gasteiger partial charge is 0.355 e. The normalized spacial score (nSPS) is 11.6. The Morgan fingerprint density at radius 2 is 1.28 bits per heavy atom. The number of rotatable bonds is 5. The van der Waals surface area contributed by atoms with Crippen molar-refractivity contribution >= 4 is 71.8 Å². The van der Waals surface area contributed by atoms with Crippen LogP contribution in [0, 0.1) is 5.41 Å². The quantitative estimate of drug-likeness (QED) is 0.155. The Bertz CT molecular complexity index is 2620. The molecule has 0 amide bonds. The number of aromatic nitrogens is 3. The van der Waals surface area contributed by atoms with Gasteiger partial charge < -0.3 is 10.7 Å². The molecular formula is C41H27N5. The van der Waals surface area contributed by atoms with Gasteiger partial charge in [-0.2, -0.15) is 0 Å². The number of nitrogens with one attached hydrogen (secondary N) is 2. The lowest BCUT2D eigenvalue weighted by atomic mass is 9.98. The van der Waals surface area contributed by atoms with Gasteiger partial charge in [-0.1, -0.05) is 103 Å². The lowest BCUT2D eigenvalue weighted by Crippen LogP contribution is -2.04. The minimum atomic E-state index is 0.595. The summed E-state index contributed by atoms with van der Waals surface area (Å²) in [5.74, 6) is 0.595. The zero-order chi connectivity index (χ0) is 30.6. The molecule has 0 aliphatic carbocycles. The highest BCUT2D eigenvalue weighted by Crippen LogP contribution is 2.40. The molecule has 0 aliphatic rings. The topological polar surface area (TPSA) is 66.6 Å². The fourth-order valence-corrected chi connectivity index (χ4v) is 6.77. The van der Waals surface area contributed by atoms with E-state index in [9.17, 15) is 0 Å². The zero-order valence-corrected chi connectivity index (χ0v) is 24.8. The van der Waals surface area contributed by atoms with Crippen LogP contribution in [-0.2, 0) is 0 Å². The lowest BCUT2D eigenvalue weighted by Gasteiger charge is -2.13. The number of anilines is 2. The van der Waals surface area contributed by atoms with Crippen LogP contribution in [0.5, 0.6) is 0 Å². The SMILES string of the molecule is N=Cc1c(Nc2ccccc2)ccc2c1c1cc3c(ccc4ccccc43)cc1n2-c1nc(-c2ccccc2)c2ccccc2n1. The summed E-state index contributed by atoms with van der Waals surface area (Å²) in [5, 5.41) is 20.0. The molecule has 0 aliphatic heterocycles.